The van der Waals surface area contributed by atoms with Crippen molar-refractivity contribution in [2.24, 2.45) is 0 Å². The number of hydrogen-bond acceptors (Lipinski definition) is 8. The smallest absolute Gasteiger partial charge is 0.410 e. The summed E-state index contributed by atoms with van der Waals surface area (Å²) in [4.78, 5) is 50.2. The van der Waals surface area contributed by atoms with Crippen LogP contribution >= 0.6 is 0 Å². The molecule has 12 heteroatoms. The zero-order chi connectivity index (χ0) is 27.6. The summed E-state index contributed by atoms with van der Waals surface area (Å²) in [5.74, 6) is -0.940. The van der Waals surface area contributed by atoms with Crippen molar-refractivity contribution in [2.45, 2.75) is 64.0 Å². The van der Waals surface area contributed by atoms with Crippen LogP contribution in [-0.2, 0) is 20.9 Å². The van der Waals surface area contributed by atoms with E-state index in [9.17, 15) is 29.6 Å². The van der Waals surface area contributed by atoms with Crippen LogP contribution in [0.5, 0.6) is 5.75 Å². The average molecular weight is 527 g/mol. The van der Waals surface area contributed by atoms with Gasteiger partial charge < -0.3 is 25.2 Å². The van der Waals surface area contributed by atoms with Crippen LogP contribution in [-0.4, -0.2) is 57.1 Å². The Bertz CT molecular complexity index is 1250. The van der Waals surface area contributed by atoms with E-state index in [4.69, 9.17) is 9.47 Å². The van der Waals surface area contributed by atoms with Gasteiger partial charge in [-0.25, -0.2) is 4.79 Å². The molecule has 0 aromatic heterocycles. The maximum atomic E-state index is 13.4. The number of aliphatic hydroxyl groups is 1. The van der Waals surface area contributed by atoms with Crippen molar-refractivity contribution in [2.75, 3.05) is 11.9 Å². The van der Waals surface area contributed by atoms with E-state index < -0.39 is 46.6 Å². The monoisotopic (exact) mass is 526 g/mol. The molecule has 12 nitrogen and oxygen atoms in total. The van der Waals surface area contributed by atoms with Crippen molar-refractivity contribution in [3.8, 4) is 5.75 Å². The van der Waals surface area contributed by atoms with Gasteiger partial charge in [0.1, 0.15) is 35.8 Å². The lowest BCUT2D eigenvalue weighted by Gasteiger charge is -2.42. The van der Waals surface area contributed by atoms with Gasteiger partial charge in [-0.15, -0.1) is 0 Å². The molecule has 2 aliphatic heterocycles. The van der Waals surface area contributed by atoms with Crippen molar-refractivity contribution in [1.29, 1.82) is 0 Å². The van der Waals surface area contributed by atoms with E-state index in [2.05, 4.69) is 10.6 Å². The zero-order valence-electron chi connectivity index (χ0n) is 21.3. The van der Waals surface area contributed by atoms with E-state index >= 15 is 0 Å². The second-order valence-electron chi connectivity index (χ2n) is 9.87. The molecule has 2 heterocycles. The molecule has 2 aromatic carbocycles. The molecule has 3 N–H and O–H groups in total. The Morgan fingerprint density at radius 2 is 1.95 bits per heavy atom. The maximum Gasteiger partial charge on any atom is 0.410 e. The third kappa shape index (κ3) is 5.54. The van der Waals surface area contributed by atoms with Gasteiger partial charge in [-0.3, -0.25) is 24.6 Å². The Kier molecular flexibility index (Phi) is 7.53. The first-order valence-corrected chi connectivity index (χ1v) is 12.2. The number of carbonyl (C=O) groups excluding carboxylic acids is 3. The third-order valence-corrected chi connectivity index (χ3v) is 6.66. The highest BCUT2D eigenvalue weighted by atomic mass is 16.6. The Morgan fingerprint density at radius 3 is 2.61 bits per heavy atom. The summed E-state index contributed by atoms with van der Waals surface area (Å²) in [6.07, 6.45) is -0.872. The van der Waals surface area contributed by atoms with Gasteiger partial charge in [0.15, 0.2) is 0 Å². The molecule has 3 atom stereocenters. The Labute approximate surface area is 219 Å². The molecule has 3 unspecified atom stereocenters. The second-order valence-corrected chi connectivity index (χ2v) is 9.87. The number of benzene rings is 2. The SMILES string of the molecule is CC(=O)Nc1cc2c(cc1[N+](=O)[O-])OC(C)(C)C(O)C2NC(=O)C1CCCN1C(=O)OCc1ccccc1. The molecular weight excluding hydrogens is 496 g/mol. The lowest BCUT2D eigenvalue weighted by atomic mass is 9.86. The first-order valence-electron chi connectivity index (χ1n) is 12.2. The predicted octanol–water partition coefficient (Wildman–Crippen LogP) is 3.04. The van der Waals surface area contributed by atoms with Crippen LogP contribution in [0, 0.1) is 10.1 Å². The number of hydrogen-bond donors (Lipinski definition) is 3. The topological polar surface area (TPSA) is 160 Å². The summed E-state index contributed by atoms with van der Waals surface area (Å²) >= 11 is 0. The lowest BCUT2D eigenvalue weighted by Crippen LogP contribution is -2.56. The molecule has 4 rings (SSSR count). The van der Waals surface area contributed by atoms with Crippen LogP contribution in [0.4, 0.5) is 16.2 Å². The van der Waals surface area contributed by atoms with Crippen molar-refractivity contribution in [3.63, 3.8) is 0 Å². The molecule has 1 saturated heterocycles. The number of nitro groups is 1. The van der Waals surface area contributed by atoms with E-state index in [1.165, 1.54) is 17.9 Å². The second kappa shape index (κ2) is 10.7. The van der Waals surface area contributed by atoms with Gasteiger partial charge in [0.2, 0.25) is 11.8 Å². The molecule has 0 radical (unpaired) electrons. The molecule has 0 saturated carbocycles. The third-order valence-electron chi connectivity index (χ3n) is 6.66. The number of amides is 3. The van der Waals surface area contributed by atoms with E-state index in [-0.39, 0.29) is 29.3 Å². The minimum absolute atomic E-state index is 0.0649. The minimum atomic E-state index is -1.24. The van der Waals surface area contributed by atoms with Crippen molar-refractivity contribution < 1.29 is 33.9 Å². The molecule has 0 spiro atoms. The Morgan fingerprint density at radius 1 is 1.24 bits per heavy atom. The molecule has 0 bridgehead atoms. The Balaban J connectivity index is 1.57. The van der Waals surface area contributed by atoms with Crippen LogP contribution in [0.15, 0.2) is 42.5 Å². The summed E-state index contributed by atoms with van der Waals surface area (Å²) in [5.41, 5.74) is -0.620. The lowest BCUT2D eigenvalue weighted by molar-refractivity contribution is -0.384. The first-order chi connectivity index (χ1) is 18.0. The molecule has 202 valence electrons. The van der Waals surface area contributed by atoms with E-state index in [0.29, 0.717) is 19.4 Å². The maximum absolute atomic E-state index is 13.4. The first kappa shape index (κ1) is 26.9. The number of carbonyl (C=O) groups is 3. The van der Waals surface area contributed by atoms with Crippen LogP contribution in [0.25, 0.3) is 0 Å². The van der Waals surface area contributed by atoms with Gasteiger partial charge >= 0.3 is 6.09 Å². The molecule has 2 aliphatic rings. The van der Waals surface area contributed by atoms with Crippen molar-refractivity contribution >= 4 is 29.3 Å². The number of likely N-dealkylation sites (tertiary alicyclic amines) is 1. The molecule has 1 fully saturated rings. The highest BCUT2D eigenvalue weighted by Gasteiger charge is 2.46. The standard InChI is InChI=1S/C26H30N4O8/c1-15(31)27-18-12-17-21(13-20(18)30(35)36)38-26(2,3)23(32)22(17)28-24(33)19-10-7-11-29(19)25(34)37-14-16-8-5-4-6-9-16/h4-6,8-9,12-13,19,22-23,32H,7,10-11,14H2,1-3H3,(H,27,31)(H,28,33). The molecule has 3 amide bonds. The molecule has 2 aromatic rings. The van der Waals surface area contributed by atoms with E-state index in [1.807, 2.05) is 30.3 Å². The van der Waals surface area contributed by atoms with Crippen LogP contribution in [0.1, 0.15) is 50.8 Å². The van der Waals surface area contributed by atoms with Crippen molar-refractivity contribution in [3.05, 3.63) is 63.7 Å². The predicted molar refractivity (Wildman–Crippen MR) is 135 cm³/mol. The molecular formula is C26H30N4O8. The highest BCUT2D eigenvalue weighted by molar-refractivity contribution is 5.92. The fraction of sp³-hybridized carbons (Fsp3) is 0.423. The Hall–Kier alpha value is -4.19. The summed E-state index contributed by atoms with van der Waals surface area (Å²) in [5, 5.41) is 28.0. The van der Waals surface area contributed by atoms with Gasteiger partial charge in [-0.2, -0.15) is 0 Å². The quantitative estimate of drug-likeness (QED) is 0.382. The number of nitro benzene ring substituents is 1. The number of rotatable bonds is 6. The zero-order valence-corrected chi connectivity index (χ0v) is 21.3. The van der Waals surface area contributed by atoms with E-state index in [1.54, 1.807) is 13.8 Å². The highest BCUT2D eigenvalue weighted by Crippen LogP contribution is 2.44. The fourth-order valence-electron chi connectivity index (χ4n) is 4.74. The van der Waals surface area contributed by atoms with Crippen molar-refractivity contribution in [1.82, 2.24) is 10.2 Å². The number of anilines is 1. The summed E-state index contributed by atoms with van der Waals surface area (Å²) in [7, 11) is 0. The van der Waals surface area contributed by atoms with Crippen LogP contribution in [0.2, 0.25) is 0 Å². The van der Waals surface area contributed by atoms with Gasteiger partial charge in [-0.1, -0.05) is 30.3 Å². The van der Waals surface area contributed by atoms with Gasteiger partial charge in [0, 0.05) is 19.0 Å². The minimum Gasteiger partial charge on any atom is -0.484 e. The summed E-state index contributed by atoms with van der Waals surface area (Å²) < 4.78 is 11.3. The van der Waals surface area contributed by atoms with Crippen LogP contribution < -0.4 is 15.4 Å². The fourth-order valence-corrected chi connectivity index (χ4v) is 4.74. The largest absolute Gasteiger partial charge is 0.484 e. The number of fused-ring (bicyclic) bond motifs is 1. The average Bonchev–Trinajstić information content (AvgIpc) is 3.36. The summed E-state index contributed by atoms with van der Waals surface area (Å²) in [6, 6.07) is 9.80. The number of ether oxygens (including phenoxy) is 2. The van der Waals surface area contributed by atoms with Gasteiger partial charge in [0.05, 0.1) is 17.0 Å². The number of nitrogens with one attached hydrogen (secondary N) is 2. The van der Waals surface area contributed by atoms with Gasteiger partial charge in [0.25, 0.3) is 5.69 Å². The van der Waals surface area contributed by atoms with Crippen LogP contribution in [0.3, 0.4) is 0 Å². The number of nitrogens with zero attached hydrogens (tertiary/aromatic N) is 2. The number of aliphatic hydroxyl groups excluding tert-OH is 1. The summed E-state index contributed by atoms with van der Waals surface area (Å²) in [6.45, 7) is 4.80. The van der Waals surface area contributed by atoms with E-state index in [0.717, 1.165) is 11.6 Å². The molecule has 38 heavy (non-hydrogen) atoms. The normalized spacial score (nSPS) is 21.6. The molecule has 0 aliphatic carbocycles. The van der Waals surface area contributed by atoms with Gasteiger partial charge in [-0.05, 0) is 38.3 Å².